The number of hydrogen-bond donors (Lipinski definition) is 0. The molecule has 0 aliphatic carbocycles. The molecule has 8 aromatic rings. The van der Waals surface area contributed by atoms with Crippen LogP contribution in [0, 0.1) is 0 Å². The Balaban J connectivity index is 0.000000164. The lowest BCUT2D eigenvalue weighted by molar-refractivity contribution is 0.00578. The van der Waals surface area contributed by atoms with E-state index in [9.17, 15) is 0 Å². The summed E-state index contributed by atoms with van der Waals surface area (Å²) in [6.07, 6.45) is 0. The largest absolute Gasteiger partial charge is 0.495 e. The van der Waals surface area contributed by atoms with Crippen LogP contribution in [0.3, 0.4) is 0 Å². The van der Waals surface area contributed by atoms with Crippen molar-refractivity contribution in [2.45, 2.75) is 38.9 Å². The molecular formula is C38H35BClO5P. The second-order valence-corrected chi connectivity index (χ2v) is 12.9. The minimum atomic E-state index is -0.414. The van der Waals surface area contributed by atoms with E-state index in [1.165, 1.54) is 0 Å². The van der Waals surface area contributed by atoms with Crippen LogP contribution in [-0.4, -0.2) is 23.8 Å². The van der Waals surface area contributed by atoms with Crippen molar-refractivity contribution in [2.75, 3.05) is 0 Å². The Bertz CT molecular complexity index is 2380. The van der Waals surface area contributed by atoms with E-state index in [0.717, 1.165) is 75.9 Å². The topological polar surface area (TPSA) is 76.2 Å². The fraction of sp³-hybridized carbons (Fsp3) is 0.158. The maximum absolute atomic E-state index is 6.32. The summed E-state index contributed by atoms with van der Waals surface area (Å²) in [4.78, 5) is 0. The smallest absolute Gasteiger partial charge is 0.455 e. The number of halogens is 1. The van der Waals surface area contributed by atoms with Gasteiger partial charge in [0.05, 0.1) is 16.2 Å². The molecule has 0 spiro atoms. The van der Waals surface area contributed by atoms with Crippen molar-refractivity contribution >= 4 is 99.5 Å². The molecule has 5 nitrogen and oxygen atoms in total. The van der Waals surface area contributed by atoms with E-state index in [0.29, 0.717) is 0 Å². The zero-order chi connectivity index (χ0) is 30.2. The molecule has 3 heterocycles. The van der Waals surface area contributed by atoms with Crippen molar-refractivity contribution in [2.24, 2.45) is 0 Å². The summed E-state index contributed by atoms with van der Waals surface area (Å²) in [5, 5.41) is 9.54. The fourth-order valence-corrected chi connectivity index (χ4v) is 6.52. The molecule has 2 N–H and O–H groups in total. The molecule has 8 heteroatoms. The molecule has 1 aliphatic rings. The SMILES string of the molecule is CC1(C)OB(c2cccc3ccc4c5ccccc5oc4c23)OC1(C)C.Clc1cccc2ccc3c4ccccc4oc3c12.O.P. The second kappa shape index (κ2) is 11.7. The van der Waals surface area contributed by atoms with Gasteiger partial charge in [0, 0.05) is 32.3 Å². The molecule has 232 valence electrons. The van der Waals surface area contributed by atoms with Crippen LogP contribution in [0.4, 0.5) is 0 Å². The summed E-state index contributed by atoms with van der Waals surface area (Å²) in [5.74, 6) is 0. The van der Waals surface area contributed by atoms with Crippen LogP contribution in [0.15, 0.2) is 118 Å². The minimum absolute atomic E-state index is 0. The van der Waals surface area contributed by atoms with Gasteiger partial charge in [-0.2, -0.15) is 9.90 Å². The summed E-state index contributed by atoms with van der Waals surface area (Å²) in [5.41, 5.74) is 3.85. The lowest BCUT2D eigenvalue weighted by Crippen LogP contribution is -2.41. The standard InChI is InChI=1S/C22H21BO3.C16H9ClO.H2O.H3P/c1-21(2)22(3,4)26-23(25-21)17-10-7-8-14-12-13-16-15-9-5-6-11-18(15)24-20(16)19(14)17;17-13-6-3-4-10-8-9-12-11-5-1-2-7-14(11)18-16(12)15(10)13;;/h5-13H,1-4H3;1-9H;1H2;1H3. The number of furan rings is 2. The molecule has 0 radical (unpaired) electrons. The second-order valence-electron chi connectivity index (χ2n) is 12.5. The number of benzene rings is 6. The predicted octanol–water partition coefficient (Wildman–Crippen LogP) is 9.66. The Morgan fingerprint density at radius 1 is 0.522 bits per heavy atom. The van der Waals surface area contributed by atoms with Gasteiger partial charge in [-0.05, 0) is 74.3 Å². The Labute approximate surface area is 275 Å². The Hall–Kier alpha value is -3.90. The van der Waals surface area contributed by atoms with Crippen LogP contribution < -0.4 is 5.46 Å². The molecule has 9 rings (SSSR count). The van der Waals surface area contributed by atoms with E-state index in [1.54, 1.807) is 0 Å². The van der Waals surface area contributed by atoms with E-state index in [1.807, 2.05) is 54.6 Å². The van der Waals surface area contributed by atoms with Crippen LogP contribution >= 0.6 is 21.5 Å². The Morgan fingerprint density at radius 3 is 1.57 bits per heavy atom. The molecule has 1 aliphatic heterocycles. The third kappa shape index (κ3) is 4.97. The van der Waals surface area contributed by atoms with Crippen LogP contribution in [0.2, 0.25) is 5.02 Å². The molecule has 1 saturated heterocycles. The van der Waals surface area contributed by atoms with Crippen LogP contribution in [0.5, 0.6) is 0 Å². The van der Waals surface area contributed by atoms with Crippen molar-refractivity contribution in [3.05, 3.63) is 114 Å². The lowest BCUT2D eigenvalue weighted by atomic mass is 9.76. The highest BCUT2D eigenvalue weighted by Gasteiger charge is 2.52. The van der Waals surface area contributed by atoms with E-state index < -0.39 is 7.12 Å². The van der Waals surface area contributed by atoms with Crippen molar-refractivity contribution in [3.63, 3.8) is 0 Å². The maximum Gasteiger partial charge on any atom is 0.495 e. The molecule has 0 saturated carbocycles. The lowest BCUT2D eigenvalue weighted by Gasteiger charge is -2.32. The third-order valence-electron chi connectivity index (χ3n) is 9.26. The third-order valence-corrected chi connectivity index (χ3v) is 9.58. The van der Waals surface area contributed by atoms with Crippen molar-refractivity contribution in [3.8, 4) is 0 Å². The van der Waals surface area contributed by atoms with Gasteiger partial charge in [-0.1, -0.05) is 90.5 Å². The van der Waals surface area contributed by atoms with Gasteiger partial charge >= 0.3 is 7.12 Å². The molecule has 0 amide bonds. The van der Waals surface area contributed by atoms with Crippen LogP contribution in [-0.2, 0) is 9.31 Å². The Kier molecular flexibility index (Phi) is 8.17. The first-order valence-corrected chi connectivity index (χ1v) is 15.3. The summed E-state index contributed by atoms with van der Waals surface area (Å²) >= 11 is 6.30. The van der Waals surface area contributed by atoms with Crippen LogP contribution in [0.25, 0.3) is 65.4 Å². The summed E-state index contributed by atoms with van der Waals surface area (Å²) < 4.78 is 24.9. The van der Waals surface area contributed by atoms with Gasteiger partial charge in [0.1, 0.15) is 22.3 Å². The van der Waals surface area contributed by atoms with Gasteiger partial charge < -0.3 is 23.6 Å². The first-order valence-electron chi connectivity index (χ1n) is 14.9. The first-order chi connectivity index (χ1) is 21.2. The average Bonchev–Trinajstić information content (AvgIpc) is 3.65. The average molecular weight is 649 g/mol. The number of rotatable bonds is 1. The van der Waals surface area contributed by atoms with Crippen molar-refractivity contribution in [1.29, 1.82) is 0 Å². The highest BCUT2D eigenvalue weighted by Crippen LogP contribution is 2.39. The Morgan fingerprint density at radius 2 is 1.00 bits per heavy atom. The van der Waals surface area contributed by atoms with Gasteiger partial charge in [-0.15, -0.1) is 0 Å². The molecular weight excluding hydrogens is 614 g/mol. The molecule has 2 aromatic heterocycles. The minimum Gasteiger partial charge on any atom is -0.455 e. The van der Waals surface area contributed by atoms with Crippen molar-refractivity contribution < 1.29 is 23.6 Å². The van der Waals surface area contributed by atoms with Gasteiger partial charge in [0.25, 0.3) is 0 Å². The number of para-hydroxylation sites is 2. The fourth-order valence-electron chi connectivity index (χ4n) is 6.25. The summed E-state index contributed by atoms with van der Waals surface area (Å²) in [6.45, 7) is 8.31. The van der Waals surface area contributed by atoms with Crippen molar-refractivity contribution in [1.82, 2.24) is 0 Å². The maximum atomic E-state index is 6.32. The molecule has 0 bridgehead atoms. The summed E-state index contributed by atoms with van der Waals surface area (Å²) in [6, 6.07) is 36.8. The van der Waals surface area contributed by atoms with E-state index in [-0.39, 0.29) is 26.6 Å². The van der Waals surface area contributed by atoms with Gasteiger partial charge in [0.15, 0.2) is 0 Å². The molecule has 6 aromatic carbocycles. The van der Waals surface area contributed by atoms with Crippen LogP contribution in [0.1, 0.15) is 27.7 Å². The molecule has 1 atom stereocenters. The molecule has 46 heavy (non-hydrogen) atoms. The normalized spacial score (nSPS) is 15.3. The molecule has 1 unspecified atom stereocenters. The predicted molar refractivity (Wildman–Crippen MR) is 198 cm³/mol. The first kappa shape index (κ1) is 32.1. The van der Waals surface area contributed by atoms with E-state index in [4.69, 9.17) is 29.7 Å². The van der Waals surface area contributed by atoms with Gasteiger partial charge in [-0.3, -0.25) is 0 Å². The number of hydrogen-bond acceptors (Lipinski definition) is 4. The zero-order valence-electron chi connectivity index (χ0n) is 26.2. The summed E-state index contributed by atoms with van der Waals surface area (Å²) in [7, 11) is -0.414. The van der Waals surface area contributed by atoms with Gasteiger partial charge in [0.2, 0.25) is 0 Å². The molecule has 1 fully saturated rings. The van der Waals surface area contributed by atoms with Gasteiger partial charge in [-0.25, -0.2) is 0 Å². The van der Waals surface area contributed by atoms with E-state index >= 15 is 0 Å². The highest BCUT2D eigenvalue weighted by molar-refractivity contribution is 6.92. The number of fused-ring (bicyclic) bond motifs is 10. The zero-order valence-corrected chi connectivity index (χ0v) is 28.4. The van der Waals surface area contributed by atoms with E-state index in [2.05, 4.69) is 82.3 Å². The monoisotopic (exact) mass is 648 g/mol. The quantitative estimate of drug-likeness (QED) is 0.131. The highest BCUT2D eigenvalue weighted by atomic mass is 35.5.